The molecular weight excluding hydrogens is 456 g/mol. The van der Waals surface area contributed by atoms with Crippen molar-refractivity contribution in [2.24, 2.45) is 4.99 Å². The molecule has 1 amide bonds. The van der Waals surface area contributed by atoms with Crippen LogP contribution < -0.4 is 4.74 Å². The number of amidine groups is 1. The fourth-order valence-corrected chi connectivity index (χ4v) is 4.54. The van der Waals surface area contributed by atoms with E-state index in [0.29, 0.717) is 28.8 Å². The van der Waals surface area contributed by atoms with Crippen molar-refractivity contribution >= 4 is 46.2 Å². The summed E-state index contributed by atoms with van der Waals surface area (Å²) in [5, 5.41) is 10.9. The molecule has 168 valence electrons. The van der Waals surface area contributed by atoms with Crippen LogP contribution in [0.5, 0.6) is 11.5 Å². The Bertz CT molecular complexity index is 1220. The first-order chi connectivity index (χ1) is 15.9. The quantitative estimate of drug-likeness (QED) is 0.407. The highest BCUT2D eigenvalue weighted by Gasteiger charge is 2.33. The van der Waals surface area contributed by atoms with Crippen molar-refractivity contribution in [2.45, 2.75) is 20.4 Å². The molecule has 0 saturated carbocycles. The molecule has 1 aliphatic heterocycles. The van der Waals surface area contributed by atoms with Gasteiger partial charge in [-0.25, -0.2) is 4.99 Å². The molecule has 1 N–H and O–H groups in total. The van der Waals surface area contributed by atoms with Crippen LogP contribution in [0.2, 0.25) is 5.02 Å². The number of benzene rings is 3. The third-order valence-corrected chi connectivity index (χ3v) is 6.27. The SMILES string of the molecule is CCOc1cc(/C=C2/SC(=Nc3ccc(C)cc3)N(Cc3ccccc3)C2=O)cc(Cl)c1O. The second kappa shape index (κ2) is 10.1. The first-order valence-corrected chi connectivity index (χ1v) is 11.7. The average molecular weight is 479 g/mol. The molecule has 1 aliphatic rings. The van der Waals surface area contributed by atoms with Crippen LogP contribution in [0, 0.1) is 6.92 Å². The number of halogens is 1. The number of carbonyl (C=O) groups is 1. The zero-order valence-electron chi connectivity index (χ0n) is 18.3. The molecule has 4 rings (SSSR count). The van der Waals surface area contributed by atoms with E-state index in [-0.39, 0.29) is 22.4 Å². The normalized spacial score (nSPS) is 16.1. The Morgan fingerprint density at radius 3 is 2.55 bits per heavy atom. The maximum atomic E-state index is 13.4. The van der Waals surface area contributed by atoms with Crippen LogP contribution in [0.1, 0.15) is 23.6 Å². The molecule has 0 aliphatic carbocycles. The highest BCUT2D eigenvalue weighted by Crippen LogP contribution is 2.39. The number of thioether (sulfide) groups is 1. The number of carbonyl (C=O) groups excluding carboxylic acids is 1. The van der Waals surface area contributed by atoms with Gasteiger partial charge >= 0.3 is 0 Å². The van der Waals surface area contributed by atoms with E-state index < -0.39 is 0 Å². The van der Waals surface area contributed by atoms with E-state index in [4.69, 9.17) is 21.3 Å². The maximum Gasteiger partial charge on any atom is 0.267 e. The van der Waals surface area contributed by atoms with E-state index in [1.165, 1.54) is 11.8 Å². The highest BCUT2D eigenvalue weighted by atomic mass is 35.5. The molecule has 0 unspecified atom stereocenters. The van der Waals surface area contributed by atoms with Gasteiger partial charge in [-0.2, -0.15) is 0 Å². The Balaban J connectivity index is 1.71. The summed E-state index contributed by atoms with van der Waals surface area (Å²) in [6.07, 6.45) is 1.75. The topological polar surface area (TPSA) is 62.1 Å². The highest BCUT2D eigenvalue weighted by molar-refractivity contribution is 8.18. The summed E-state index contributed by atoms with van der Waals surface area (Å²) in [5.41, 5.74) is 3.59. The molecule has 0 radical (unpaired) electrons. The number of hydrogen-bond acceptors (Lipinski definition) is 5. The summed E-state index contributed by atoms with van der Waals surface area (Å²) in [6, 6.07) is 20.9. The number of aliphatic imine (C=N–C) groups is 1. The van der Waals surface area contributed by atoms with Gasteiger partial charge in [0.25, 0.3) is 5.91 Å². The monoisotopic (exact) mass is 478 g/mol. The van der Waals surface area contributed by atoms with E-state index in [1.54, 1.807) is 23.1 Å². The molecule has 33 heavy (non-hydrogen) atoms. The Hall–Kier alpha value is -3.22. The molecule has 0 spiro atoms. The fraction of sp³-hybridized carbons (Fsp3) is 0.154. The Kier molecular flexibility index (Phi) is 7.06. The van der Waals surface area contributed by atoms with Gasteiger partial charge in [0.2, 0.25) is 0 Å². The second-order valence-corrected chi connectivity index (χ2v) is 8.92. The minimum Gasteiger partial charge on any atom is -0.503 e. The standard InChI is InChI=1S/C26H23ClN2O3S/c1-3-32-22-14-19(13-21(27)24(22)30)15-23-25(31)29(16-18-7-5-4-6-8-18)26(33-23)28-20-11-9-17(2)10-12-20/h4-15,30H,3,16H2,1-2H3/b23-15+,28-26?. The van der Waals surface area contributed by atoms with E-state index >= 15 is 0 Å². The lowest BCUT2D eigenvalue weighted by molar-refractivity contribution is -0.122. The van der Waals surface area contributed by atoms with Crippen molar-refractivity contribution in [3.63, 3.8) is 0 Å². The summed E-state index contributed by atoms with van der Waals surface area (Å²) < 4.78 is 5.47. The first kappa shape index (κ1) is 23.0. The smallest absolute Gasteiger partial charge is 0.267 e. The Morgan fingerprint density at radius 1 is 1.12 bits per heavy atom. The van der Waals surface area contributed by atoms with Gasteiger partial charge in [-0.3, -0.25) is 9.69 Å². The van der Waals surface area contributed by atoms with Crippen LogP contribution in [0.25, 0.3) is 6.08 Å². The fourth-order valence-electron chi connectivity index (χ4n) is 3.32. The van der Waals surface area contributed by atoms with Gasteiger partial charge in [-0.1, -0.05) is 59.6 Å². The summed E-state index contributed by atoms with van der Waals surface area (Å²) in [6.45, 7) is 4.64. The van der Waals surface area contributed by atoms with E-state index in [2.05, 4.69) is 0 Å². The van der Waals surface area contributed by atoms with Crippen molar-refractivity contribution in [3.05, 3.63) is 93.3 Å². The van der Waals surface area contributed by atoms with Crippen LogP contribution in [-0.4, -0.2) is 27.7 Å². The number of amides is 1. The second-order valence-electron chi connectivity index (χ2n) is 7.50. The molecule has 1 heterocycles. The largest absolute Gasteiger partial charge is 0.503 e. The number of rotatable bonds is 6. The Morgan fingerprint density at radius 2 is 1.85 bits per heavy atom. The van der Waals surface area contributed by atoms with Crippen molar-refractivity contribution < 1.29 is 14.6 Å². The molecule has 0 bridgehead atoms. The molecule has 3 aromatic rings. The Labute approximate surface area is 202 Å². The van der Waals surface area contributed by atoms with Gasteiger partial charge in [0.15, 0.2) is 16.7 Å². The van der Waals surface area contributed by atoms with Gasteiger partial charge in [-0.15, -0.1) is 0 Å². The minimum atomic E-state index is -0.142. The van der Waals surface area contributed by atoms with Crippen molar-refractivity contribution in [1.82, 2.24) is 4.90 Å². The molecule has 1 saturated heterocycles. The van der Waals surface area contributed by atoms with Crippen molar-refractivity contribution in [1.29, 1.82) is 0 Å². The molecule has 3 aromatic carbocycles. The van der Waals surface area contributed by atoms with Gasteiger partial charge < -0.3 is 9.84 Å². The summed E-state index contributed by atoms with van der Waals surface area (Å²) in [7, 11) is 0. The van der Waals surface area contributed by atoms with Crippen LogP contribution >= 0.6 is 23.4 Å². The molecule has 1 fully saturated rings. The summed E-state index contributed by atoms with van der Waals surface area (Å²) in [5.74, 6) is 0.0252. The zero-order chi connectivity index (χ0) is 23.4. The number of nitrogens with zero attached hydrogens (tertiary/aromatic N) is 2. The minimum absolute atomic E-state index is 0.113. The summed E-state index contributed by atoms with van der Waals surface area (Å²) >= 11 is 7.49. The average Bonchev–Trinajstić information content (AvgIpc) is 3.08. The van der Waals surface area contributed by atoms with Crippen molar-refractivity contribution in [3.8, 4) is 11.5 Å². The molecular formula is C26H23ClN2O3S. The number of aryl methyl sites for hydroxylation is 1. The predicted octanol–water partition coefficient (Wildman–Crippen LogP) is 6.56. The van der Waals surface area contributed by atoms with Crippen molar-refractivity contribution in [2.75, 3.05) is 6.61 Å². The molecule has 7 heteroatoms. The lowest BCUT2D eigenvalue weighted by atomic mass is 10.1. The van der Waals surface area contributed by atoms with Crippen LogP contribution in [-0.2, 0) is 11.3 Å². The lowest BCUT2D eigenvalue weighted by Gasteiger charge is -2.15. The maximum absolute atomic E-state index is 13.4. The number of hydrogen-bond donors (Lipinski definition) is 1. The van der Waals surface area contributed by atoms with Crippen LogP contribution in [0.4, 0.5) is 5.69 Å². The third-order valence-electron chi connectivity index (χ3n) is 4.98. The number of aromatic hydroxyl groups is 1. The van der Waals surface area contributed by atoms with Crippen LogP contribution in [0.3, 0.4) is 0 Å². The summed E-state index contributed by atoms with van der Waals surface area (Å²) in [4.78, 5) is 20.3. The van der Waals surface area contributed by atoms with E-state index in [1.807, 2.05) is 68.4 Å². The van der Waals surface area contributed by atoms with E-state index in [0.717, 1.165) is 16.8 Å². The third kappa shape index (κ3) is 5.41. The zero-order valence-corrected chi connectivity index (χ0v) is 19.9. The molecule has 0 aromatic heterocycles. The van der Waals surface area contributed by atoms with Crippen LogP contribution in [0.15, 0.2) is 76.6 Å². The predicted molar refractivity (Wildman–Crippen MR) is 135 cm³/mol. The van der Waals surface area contributed by atoms with E-state index in [9.17, 15) is 9.90 Å². The lowest BCUT2D eigenvalue weighted by Crippen LogP contribution is -2.28. The van der Waals surface area contributed by atoms with Gasteiger partial charge in [-0.05, 0) is 67.1 Å². The molecule has 5 nitrogen and oxygen atoms in total. The van der Waals surface area contributed by atoms with Gasteiger partial charge in [0, 0.05) is 0 Å². The molecule has 0 atom stereocenters. The number of ether oxygens (including phenoxy) is 1. The van der Waals surface area contributed by atoms with Gasteiger partial charge in [0.1, 0.15) is 0 Å². The number of phenols is 1. The van der Waals surface area contributed by atoms with Gasteiger partial charge in [0.05, 0.1) is 28.8 Å². The first-order valence-electron chi connectivity index (χ1n) is 10.5. The number of phenolic OH excluding ortho intramolecular Hbond substituents is 1.